The molecule has 4 atom stereocenters. The van der Waals surface area contributed by atoms with Crippen molar-refractivity contribution in [1.82, 2.24) is 25.7 Å². The summed E-state index contributed by atoms with van der Waals surface area (Å²) in [6.07, 6.45) is 10.9. The van der Waals surface area contributed by atoms with Crippen molar-refractivity contribution >= 4 is 5.57 Å². The molecule has 34 heavy (non-hydrogen) atoms. The smallest absolute Gasteiger partial charge is 0.125 e. The Morgan fingerprint density at radius 1 is 1.24 bits per heavy atom. The Balaban J connectivity index is 1.21. The van der Waals surface area contributed by atoms with Crippen LogP contribution in [0.2, 0.25) is 0 Å². The van der Waals surface area contributed by atoms with Gasteiger partial charge in [0.2, 0.25) is 0 Å². The molecule has 5 rings (SSSR count). The molecule has 0 bridgehead atoms. The van der Waals surface area contributed by atoms with Gasteiger partial charge in [0.15, 0.2) is 0 Å². The van der Waals surface area contributed by atoms with Gasteiger partial charge < -0.3 is 14.8 Å². The zero-order chi connectivity index (χ0) is 23.5. The average molecular weight is 466 g/mol. The van der Waals surface area contributed by atoms with Crippen LogP contribution < -0.4 is 10.9 Å². The number of hydrogen-bond donors (Lipinski definition) is 4. The molecule has 1 aromatic carbocycles. The second-order valence-corrected chi connectivity index (χ2v) is 10.1. The lowest BCUT2D eigenvalue weighted by molar-refractivity contribution is 0.175. The highest BCUT2D eigenvalue weighted by molar-refractivity contribution is 5.63. The molecule has 3 heterocycles. The number of hydrazine groups is 1. The minimum absolute atomic E-state index is 0.222. The second-order valence-electron chi connectivity index (χ2n) is 10.1. The number of phenolic OH excluding ortho intramolecular Hbond substituents is 1. The highest BCUT2D eigenvalue weighted by Crippen LogP contribution is 2.44. The van der Waals surface area contributed by atoms with E-state index >= 15 is 0 Å². The molecule has 2 fully saturated rings. The first kappa shape index (κ1) is 23.5. The van der Waals surface area contributed by atoms with Crippen LogP contribution in [0.1, 0.15) is 73.6 Å². The predicted octanol–water partition coefficient (Wildman–Crippen LogP) is 3.90. The molecule has 1 saturated heterocycles. The number of H-pyrrole nitrogens is 1. The van der Waals surface area contributed by atoms with Gasteiger partial charge >= 0.3 is 0 Å². The van der Waals surface area contributed by atoms with E-state index in [0.29, 0.717) is 23.6 Å². The topological polar surface area (TPSA) is 85.4 Å². The number of benzene rings is 1. The molecular formula is C27H39N5O2. The molecule has 4 N–H and O–H groups in total. The van der Waals surface area contributed by atoms with Crippen LogP contribution in [0.5, 0.6) is 5.75 Å². The first-order chi connectivity index (χ1) is 16.7. The molecule has 7 nitrogen and oxygen atoms in total. The van der Waals surface area contributed by atoms with Crippen molar-refractivity contribution in [2.24, 2.45) is 5.92 Å². The van der Waals surface area contributed by atoms with Crippen LogP contribution in [0.15, 0.2) is 30.5 Å². The van der Waals surface area contributed by atoms with Gasteiger partial charge in [-0.05, 0) is 79.2 Å². The van der Waals surface area contributed by atoms with E-state index in [4.69, 9.17) is 9.72 Å². The third kappa shape index (κ3) is 4.93. The largest absolute Gasteiger partial charge is 0.508 e. The van der Waals surface area contributed by atoms with Crippen LogP contribution in [-0.4, -0.2) is 59.4 Å². The Morgan fingerprint density at radius 3 is 2.94 bits per heavy atom. The van der Waals surface area contributed by atoms with Crippen molar-refractivity contribution in [1.29, 1.82) is 0 Å². The fourth-order valence-electron chi connectivity index (χ4n) is 6.16. The predicted molar refractivity (Wildman–Crippen MR) is 134 cm³/mol. The number of nitrogens with zero attached hydrogens (tertiary/aromatic N) is 2. The van der Waals surface area contributed by atoms with Gasteiger partial charge in [0.05, 0.1) is 17.9 Å². The van der Waals surface area contributed by atoms with Crippen molar-refractivity contribution in [3.05, 3.63) is 53.1 Å². The Hall–Kier alpha value is -2.19. The van der Waals surface area contributed by atoms with Gasteiger partial charge in [-0.3, -0.25) is 10.3 Å². The molecule has 4 unspecified atom stereocenters. The molecule has 3 aliphatic rings. The molecule has 2 aromatic rings. The lowest BCUT2D eigenvalue weighted by atomic mass is 9.73. The van der Waals surface area contributed by atoms with Gasteiger partial charge in [0, 0.05) is 39.4 Å². The van der Waals surface area contributed by atoms with E-state index in [9.17, 15) is 5.11 Å². The molecule has 184 valence electrons. The van der Waals surface area contributed by atoms with Crippen molar-refractivity contribution in [3.63, 3.8) is 0 Å². The number of aromatic amines is 1. The number of fused-ring (bicyclic) bond motifs is 1. The quantitative estimate of drug-likeness (QED) is 0.443. The van der Waals surface area contributed by atoms with Crippen molar-refractivity contribution < 1.29 is 9.84 Å². The fraction of sp³-hybridized carbons (Fsp3) is 0.593. The fourth-order valence-corrected chi connectivity index (χ4v) is 6.16. The zero-order valence-corrected chi connectivity index (χ0v) is 20.5. The minimum atomic E-state index is 0.222. The molecule has 2 aliphatic heterocycles. The van der Waals surface area contributed by atoms with E-state index in [2.05, 4.69) is 39.8 Å². The molecule has 0 spiro atoms. The summed E-state index contributed by atoms with van der Waals surface area (Å²) in [5, 5.41) is 9.89. The van der Waals surface area contributed by atoms with Crippen molar-refractivity contribution in [2.75, 3.05) is 33.4 Å². The van der Waals surface area contributed by atoms with Crippen molar-refractivity contribution in [2.45, 2.75) is 63.5 Å². The minimum Gasteiger partial charge on any atom is -0.508 e. The van der Waals surface area contributed by atoms with Crippen molar-refractivity contribution in [3.8, 4) is 5.75 Å². The summed E-state index contributed by atoms with van der Waals surface area (Å²) in [4.78, 5) is 10.9. The van der Waals surface area contributed by atoms with Gasteiger partial charge in [-0.25, -0.2) is 10.4 Å². The number of aromatic hydroxyl groups is 1. The third-order valence-corrected chi connectivity index (χ3v) is 8.06. The SMILES string of the molecule is CCc1cc(O)ccc1C1CCC2C(C1)NNC2c1ncc(C2=CCN(CCCOC)CC2)[nH]1. The van der Waals surface area contributed by atoms with E-state index < -0.39 is 0 Å². The normalized spacial score (nSPS) is 27.5. The summed E-state index contributed by atoms with van der Waals surface area (Å²) in [6, 6.07) is 6.57. The highest BCUT2D eigenvalue weighted by Gasteiger charge is 2.42. The number of ether oxygens (including phenoxy) is 1. The Morgan fingerprint density at radius 2 is 2.15 bits per heavy atom. The van der Waals surface area contributed by atoms with Crippen LogP contribution in [0.25, 0.3) is 5.57 Å². The highest BCUT2D eigenvalue weighted by atomic mass is 16.5. The maximum Gasteiger partial charge on any atom is 0.125 e. The lowest BCUT2D eigenvalue weighted by Crippen LogP contribution is -2.35. The van der Waals surface area contributed by atoms with Crippen LogP contribution in [-0.2, 0) is 11.2 Å². The molecule has 7 heteroatoms. The van der Waals surface area contributed by atoms with Gasteiger partial charge in [0.1, 0.15) is 11.6 Å². The molecule has 0 amide bonds. The van der Waals surface area contributed by atoms with E-state index in [1.165, 1.54) is 35.2 Å². The first-order valence-electron chi connectivity index (χ1n) is 12.9. The molecule has 1 aromatic heterocycles. The number of aromatic nitrogens is 2. The molecular weight excluding hydrogens is 426 g/mol. The van der Waals surface area contributed by atoms with Crippen LogP contribution in [0, 0.1) is 5.92 Å². The van der Waals surface area contributed by atoms with Crippen LogP contribution >= 0.6 is 0 Å². The van der Waals surface area contributed by atoms with Crippen LogP contribution in [0.4, 0.5) is 0 Å². The standard InChI is InChI=1S/C27H39N5O2/c1-3-18-15-21(33)6-8-22(18)20-5-7-23-24(16-20)30-31-26(23)27-28-17-25(29-27)19-9-12-32(13-10-19)11-4-14-34-2/h6,8-9,15,17,20,23-24,26,30-31,33H,3-5,7,10-14,16H2,1-2H3,(H,28,29). The summed E-state index contributed by atoms with van der Waals surface area (Å²) in [5.41, 5.74) is 12.4. The zero-order valence-electron chi connectivity index (χ0n) is 20.5. The number of nitrogens with one attached hydrogen (secondary N) is 3. The first-order valence-corrected chi connectivity index (χ1v) is 12.9. The van der Waals surface area contributed by atoms with Gasteiger partial charge in [0.25, 0.3) is 0 Å². The number of methoxy groups -OCH3 is 1. The van der Waals surface area contributed by atoms with Gasteiger partial charge in [-0.15, -0.1) is 0 Å². The van der Waals surface area contributed by atoms with E-state index in [0.717, 1.165) is 57.7 Å². The Bertz CT molecular complexity index is 1000. The summed E-state index contributed by atoms with van der Waals surface area (Å²) in [7, 11) is 1.77. The van der Waals surface area contributed by atoms with E-state index in [1.54, 1.807) is 7.11 Å². The third-order valence-electron chi connectivity index (χ3n) is 8.06. The van der Waals surface area contributed by atoms with Gasteiger partial charge in [-0.2, -0.15) is 0 Å². The number of rotatable bonds is 8. The lowest BCUT2D eigenvalue weighted by Gasteiger charge is -2.33. The van der Waals surface area contributed by atoms with Crippen LogP contribution in [0.3, 0.4) is 0 Å². The Kier molecular flexibility index (Phi) is 7.34. The maximum atomic E-state index is 9.89. The maximum absolute atomic E-state index is 9.89. The average Bonchev–Trinajstić information content (AvgIpc) is 3.51. The molecule has 1 saturated carbocycles. The van der Waals surface area contributed by atoms with Gasteiger partial charge in [-0.1, -0.05) is 19.1 Å². The summed E-state index contributed by atoms with van der Waals surface area (Å²) >= 11 is 0. The number of imidazole rings is 1. The number of hydrogen-bond acceptors (Lipinski definition) is 6. The molecule has 0 radical (unpaired) electrons. The summed E-state index contributed by atoms with van der Waals surface area (Å²) < 4.78 is 5.18. The number of aryl methyl sites for hydroxylation is 1. The summed E-state index contributed by atoms with van der Waals surface area (Å²) in [5.74, 6) is 2.50. The Labute approximate surface area is 203 Å². The molecule has 1 aliphatic carbocycles. The van der Waals surface area contributed by atoms with E-state index in [1.807, 2.05) is 18.3 Å². The summed E-state index contributed by atoms with van der Waals surface area (Å²) in [6.45, 7) is 6.19. The monoisotopic (exact) mass is 465 g/mol. The van der Waals surface area contributed by atoms with E-state index in [-0.39, 0.29) is 6.04 Å². The number of phenols is 1. The second kappa shape index (κ2) is 10.6.